The number of nitrogens with two attached hydrogens (primary N) is 1. The molecule has 18 heavy (non-hydrogen) atoms. The molecule has 98 valence electrons. The molecule has 0 saturated heterocycles. The van der Waals surface area contributed by atoms with E-state index in [0.717, 1.165) is 24.9 Å². The van der Waals surface area contributed by atoms with Crippen molar-refractivity contribution in [3.8, 4) is 0 Å². The van der Waals surface area contributed by atoms with Crippen LogP contribution >= 0.6 is 11.6 Å². The monoisotopic (exact) mass is 267 g/mol. The summed E-state index contributed by atoms with van der Waals surface area (Å²) in [5.74, 6) is -0.175. The lowest BCUT2D eigenvalue weighted by molar-refractivity contribution is 0.0954. The predicted molar refractivity (Wildman–Crippen MR) is 75.1 cm³/mol. The minimum atomic E-state index is -0.175. The lowest BCUT2D eigenvalue weighted by atomic mass is 10.1. The van der Waals surface area contributed by atoms with Gasteiger partial charge in [-0.25, -0.2) is 0 Å². The molecule has 1 aromatic rings. The van der Waals surface area contributed by atoms with Crippen LogP contribution in [0.4, 0.5) is 11.4 Å². The molecular formula is C13H18ClN3O. The average molecular weight is 268 g/mol. The summed E-state index contributed by atoms with van der Waals surface area (Å²) in [5, 5.41) is 6.51. The number of carbonyl (C=O) groups excluding carboxylic acids is 1. The normalized spacial score (nSPS) is 14.3. The van der Waals surface area contributed by atoms with Crippen molar-refractivity contribution in [2.45, 2.75) is 32.2 Å². The van der Waals surface area contributed by atoms with E-state index in [1.807, 2.05) is 6.92 Å². The summed E-state index contributed by atoms with van der Waals surface area (Å²) in [7, 11) is 0. The lowest BCUT2D eigenvalue weighted by Crippen LogP contribution is -2.24. The highest BCUT2D eigenvalue weighted by Gasteiger charge is 2.22. The first-order chi connectivity index (χ1) is 8.61. The van der Waals surface area contributed by atoms with Crippen LogP contribution in [0.1, 0.15) is 36.5 Å². The van der Waals surface area contributed by atoms with E-state index < -0.39 is 0 Å². The first kappa shape index (κ1) is 13.0. The van der Waals surface area contributed by atoms with Crippen molar-refractivity contribution in [2.24, 2.45) is 0 Å². The Balaban J connectivity index is 2.15. The zero-order valence-corrected chi connectivity index (χ0v) is 11.2. The number of anilines is 2. The van der Waals surface area contributed by atoms with Gasteiger partial charge >= 0.3 is 0 Å². The molecule has 0 spiro atoms. The summed E-state index contributed by atoms with van der Waals surface area (Å²) in [5.41, 5.74) is 7.74. The van der Waals surface area contributed by atoms with Crippen molar-refractivity contribution in [3.05, 3.63) is 22.7 Å². The first-order valence-electron chi connectivity index (χ1n) is 6.25. The summed E-state index contributed by atoms with van der Waals surface area (Å²) < 4.78 is 0. The van der Waals surface area contributed by atoms with Gasteiger partial charge in [0.05, 0.1) is 22.0 Å². The molecular weight excluding hydrogens is 250 g/mol. The van der Waals surface area contributed by atoms with Gasteiger partial charge < -0.3 is 16.4 Å². The van der Waals surface area contributed by atoms with Gasteiger partial charge in [0.15, 0.2) is 0 Å². The van der Waals surface area contributed by atoms with Gasteiger partial charge in [0, 0.05) is 12.6 Å². The third-order valence-corrected chi connectivity index (χ3v) is 3.17. The third-order valence-electron chi connectivity index (χ3n) is 2.86. The minimum Gasteiger partial charge on any atom is -0.397 e. The maximum absolute atomic E-state index is 11.9. The van der Waals surface area contributed by atoms with Crippen molar-refractivity contribution in [2.75, 3.05) is 17.6 Å². The molecule has 1 fully saturated rings. The predicted octanol–water partition coefficient (Wildman–Crippen LogP) is 2.64. The second kappa shape index (κ2) is 5.48. The van der Waals surface area contributed by atoms with Gasteiger partial charge in [-0.15, -0.1) is 0 Å². The van der Waals surface area contributed by atoms with E-state index >= 15 is 0 Å². The zero-order chi connectivity index (χ0) is 13.1. The van der Waals surface area contributed by atoms with E-state index in [2.05, 4.69) is 10.6 Å². The van der Waals surface area contributed by atoms with Crippen LogP contribution < -0.4 is 16.4 Å². The topological polar surface area (TPSA) is 67.2 Å². The molecule has 4 N–H and O–H groups in total. The first-order valence-corrected chi connectivity index (χ1v) is 6.63. The highest BCUT2D eigenvalue weighted by molar-refractivity contribution is 6.34. The number of nitrogens with one attached hydrogen (secondary N) is 2. The Morgan fingerprint density at radius 3 is 2.83 bits per heavy atom. The molecule has 0 aromatic heterocycles. The van der Waals surface area contributed by atoms with Crippen LogP contribution in [-0.2, 0) is 0 Å². The standard InChI is InChI=1S/C13H18ClN3O/c1-2-5-16-13(18)9-6-11(15)12(7-10(9)14)17-8-3-4-8/h6-8,17H,2-5,15H2,1H3,(H,16,18). The summed E-state index contributed by atoms with van der Waals surface area (Å²) in [6.07, 6.45) is 3.21. The van der Waals surface area contributed by atoms with Crippen molar-refractivity contribution < 1.29 is 4.79 Å². The summed E-state index contributed by atoms with van der Waals surface area (Å²) in [4.78, 5) is 11.9. The molecule has 4 nitrogen and oxygen atoms in total. The molecule has 0 unspecified atom stereocenters. The number of halogens is 1. The molecule has 0 aliphatic heterocycles. The Hall–Kier alpha value is -1.42. The van der Waals surface area contributed by atoms with E-state index in [0.29, 0.717) is 28.9 Å². The quantitative estimate of drug-likeness (QED) is 0.719. The Morgan fingerprint density at radius 1 is 1.50 bits per heavy atom. The van der Waals surface area contributed by atoms with Crippen molar-refractivity contribution in [1.29, 1.82) is 0 Å². The number of hydrogen-bond donors (Lipinski definition) is 3. The number of amides is 1. The fourth-order valence-corrected chi connectivity index (χ4v) is 1.92. The maximum atomic E-state index is 11.9. The van der Waals surface area contributed by atoms with Crippen molar-refractivity contribution in [1.82, 2.24) is 5.32 Å². The van der Waals surface area contributed by atoms with E-state index in [4.69, 9.17) is 17.3 Å². The fraction of sp³-hybridized carbons (Fsp3) is 0.462. The van der Waals surface area contributed by atoms with Gasteiger partial charge in [-0.3, -0.25) is 4.79 Å². The van der Waals surface area contributed by atoms with Gasteiger partial charge in [0.25, 0.3) is 5.91 Å². The Morgan fingerprint density at radius 2 is 2.22 bits per heavy atom. The van der Waals surface area contributed by atoms with Gasteiger partial charge in [-0.05, 0) is 31.4 Å². The van der Waals surface area contributed by atoms with Crippen LogP contribution in [0.2, 0.25) is 5.02 Å². The molecule has 1 aliphatic carbocycles. The molecule has 2 rings (SSSR count). The van der Waals surface area contributed by atoms with Gasteiger partial charge in [0.2, 0.25) is 0 Å². The van der Waals surface area contributed by atoms with E-state index in [-0.39, 0.29) is 5.91 Å². The number of nitrogen functional groups attached to an aromatic ring is 1. The highest BCUT2D eigenvalue weighted by Crippen LogP contribution is 2.32. The smallest absolute Gasteiger partial charge is 0.252 e. The molecule has 0 atom stereocenters. The number of carbonyl (C=O) groups is 1. The Labute approximate surface area is 112 Å². The van der Waals surface area contributed by atoms with Gasteiger partial charge in [0.1, 0.15) is 0 Å². The number of benzene rings is 1. The molecule has 0 heterocycles. The minimum absolute atomic E-state index is 0.175. The van der Waals surface area contributed by atoms with E-state index in [1.54, 1.807) is 12.1 Å². The molecule has 0 radical (unpaired) electrons. The largest absolute Gasteiger partial charge is 0.397 e. The Kier molecular flexibility index (Phi) is 3.97. The van der Waals surface area contributed by atoms with Crippen LogP contribution in [0, 0.1) is 0 Å². The summed E-state index contributed by atoms with van der Waals surface area (Å²) in [6.45, 7) is 2.63. The molecule has 1 amide bonds. The second-order valence-corrected chi connectivity index (χ2v) is 5.00. The van der Waals surface area contributed by atoms with Crippen molar-refractivity contribution in [3.63, 3.8) is 0 Å². The zero-order valence-electron chi connectivity index (χ0n) is 10.4. The third kappa shape index (κ3) is 3.07. The number of hydrogen-bond acceptors (Lipinski definition) is 3. The second-order valence-electron chi connectivity index (χ2n) is 4.59. The Bertz CT molecular complexity index is 458. The lowest BCUT2D eigenvalue weighted by Gasteiger charge is -2.12. The maximum Gasteiger partial charge on any atom is 0.252 e. The SMILES string of the molecule is CCCNC(=O)c1cc(N)c(NC2CC2)cc1Cl. The molecule has 1 aliphatic rings. The van der Waals surface area contributed by atoms with Crippen LogP contribution in [0.15, 0.2) is 12.1 Å². The molecule has 0 bridgehead atoms. The fourth-order valence-electron chi connectivity index (χ4n) is 1.67. The van der Waals surface area contributed by atoms with Crippen LogP contribution in [0.25, 0.3) is 0 Å². The number of rotatable bonds is 5. The summed E-state index contributed by atoms with van der Waals surface area (Å²) in [6, 6.07) is 3.87. The molecule has 1 saturated carbocycles. The van der Waals surface area contributed by atoms with Crippen LogP contribution in [0.5, 0.6) is 0 Å². The van der Waals surface area contributed by atoms with E-state index in [9.17, 15) is 4.79 Å². The molecule has 5 heteroatoms. The molecule has 1 aromatic carbocycles. The summed E-state index contributed by atoms with van der Waals surface area (Å²) >= 11 is 6.12. The van der Waals surface area contributed by atoms with Gasteiger partial charge in [-0.1, -0.05) is 18.5 Å². The van der Waals surface area contributed by atoms with Crippen LogP contribution in [-0.4, -0.2) is 18.5 Å². The average Bonchev–Trinajstić information content (AvgIpc) is 3.14. The van der Waals surface area contributed by atoms with Gasteiger partial charge in [-0.2, -0.15) is 0 Å². The van der Waals surface area contributed by atoms with Crippen molar-refractivity contribution >= 4 is 28.9 Å². The van der Waals surface area contributed by atoms with E-state index in [1.165, 1.54) is 0 Å². The highest BCUT2D eigenvalue weighted by atomic mass is 35.5. The van der Waals surface area contributed by atoms with Crippen LogP contribution in [0.3, 0.4) is 0 Å².